The van der Waals surface area contributed by atoms with E-state index in [-0.39, 0.29) is 142 Å². The van der Waals surface area contributed by atoms with Crippen LogP contribution in [0.25, 0.3) is 87.7 Å². The van der Waals surface area contributed by atoms with Crippen LogP contribution in [0.15, 0.2) is 334 Å². The summed E-state index contributed by atoms with van der Waals surface area (Å²) in [5.41, 5.74) is 12.4. The molecule has 0 amide bonds. The molecule has 9 aromatic carbocycles. The fourth-order valence-electron chi connectivity index (χ4n) is 9.07. The van der Waals surface area contributed by atoms with E-state index in [9.17, 15) is 0 Å². The first-order chi connectivity index (χ1) is 48.0. The standard InChI is InChI=1S/C17H10NS.C17H12N.C15H12N2.C11H9N2.2C11H8N.5Ir/c1-2-10-16-12(6-1)13-7-5-8-14(17(13)19-16)15-9-3-4-11-18-15;1-2-7-14(8-3-1)15-9-6-10-16(13-15)17-11-4-5-12-18-17;1-3-7-14(8-4-1)16-11-12-17(13-16)15-9-5-2-6-10-15;1-9-7-8-12-11(13-9)10-5-3-2-4-6-10;2*1-2-6-10(7-3-1)11-8-4-5-9-12-11;;;;;/h1-7,9-11H;1-9,11-13H;1-9,11-13H;2-5,7-8H,1H3;2*1-6,8-9H;;;;;/q2*-1;-2;3*-1;;;;;+3/i;;;;1D,2D,3D,4D,5D,6D,8D;;;;;;. The van der Waals surface area contributed by atoms with Crippen LogP contribution in [0.4, 0.5) is 11.4 Å². The number of thiophene rings is 1. The molecule has 8 nitrogen and oxygen atoms in total. The first-order valence-corrected chi connectivity index (χ1v) is 29.7. The number of hydrogen-bond donors (Lipinski definition) is 0. The molecule has 0 unspecified atom stereocenters. The number of aryl methyl sites for hydroxylation is 1. The molecule has 0 N–H and O–H groups in total. The first kappa shape index (κ1) is 66.1. The second kappa shape index (κ2) is 41.4. The minimum Gasteiger partial charge on any atom is -0.500 e. The molecule has 96 heavy (non-hydrogen) atoms. The Morgan fingerprint density at radius 1 is 0.406 bits per heavy atom. The number of hydrogen-bond acceptors (Lipinski definition) is 9. The summed E-state index contributed by atoms with van der Waals surface area (Å²) in [6, 6.07) is 98.4. The van der Waals surface area contributed by atoms with Crippen molar-refractivity contribution in [3.8, 4) is 67.5 Å². The van der Waals surface area contributed by atoms with Crippen molar-refractivity contribution in [3.05, 3.63) is 383 Å². The Labute approximate surface area is 644 Å². The zero-order valence-corrected chi connectivity index (χ0v) is 63.7. The molecule has 6 aromatic heterocycles. The largest absolute Gasteiger partial charge is 3.00 e. The second-order valence-corrected chi connectivity index (χ2v) is 20.6. The number of fused-ring (bicyclic) bond motifs is 3. The average molecular weight is 2160 g/mol. The van der Waals surface area contributed by atoms with E-state index < -0.39 is 12.1 Å². The van der Waals surface area contributed by atoms with E-state index in [1.807, 2.05) is 230 Å². The molecule has 0 bridgehead atoms. The molecule has 0 fully saturated rings. The van der Waals surface area contributed by atoms with Crippen LogP contribution >= 0.6 is 11.3 Å². The first-order valence-electron chi connectivity index (χ1n) is 32.4. The summed E-state index contributed by atoms with van der Waals surface area (Å²) in [7, 11) is 0. The van der Waals surface area contributed by atoms with Crippen molar-refractivity contribution in [2.24, 2.45) is 0 Å². The predicted molar refractivity (Wildman–Crippen MR) is 374 cm³/mol. The minimum atomic E-state index is -0.443. The molecule has 15 aromatic rings. The summed E-state index contributed by atoms with van der Waals surface area (Å²) in [6.45, 7) is 4.00. The average Bonchev–Trinajstić information content (AvgIpc) is 1.73. The fraction of sp³-hybridized carbons (Fsp3) is 0.0122. The van der Waals surface area contributed by atoms with E-state index in [0.29, 0.717) is 0 Å². The van der Waals surface area contributed by atoms with Gasteiger partial charge in [-0.05, 0) is 109 Å². The van der Waals surface area contributed by atoms with Crippen molar-refractivity contribution in [3.63, 3.8) is 0 Å². The Balaban J connectivity index is 0.000000194. The van der Waals surface area contributed by atoms with Crippen LogP contribution in [-0.4, -0.2) is 29.9 Å². The van der Waals surface area contributed by atoms with Gasteiger partial charge in [0.1, 0.15) is 0 Å². The summed E-state index contributed by atoms with van der Waals surface area (Å²) < 4.78 is 55.4. The third-order valence-electron chi connectivity index (χ3n) is 13.4. The topological polar surface area (TPSA) is 83.8 Å². The summed E-state index contributed by atoms with van der Waals surface area (Å²) in [4.78, 5) is 29.4. The number of benzene rings is 9. The van der Waals surface area contributed by atoms with E-state index >= 15 is 0 Å². The second-order valence-electron chi connectivity index (χ2n) is 19.6. The maximum absolute atomic E-state index is 7.74. The Hall–Kier alpha value is -8.53. The van der Waals surface area contributed by atoms with E-state index in [1.165, 1.54) is 31.3 Å². The summed E-state index contributed by atoms with van der Waals surface area (Å²) in [6.07, 6.45) is 12.3. The molecule has 0 saturated heterocycles. The van der Waals surface area contributed by atoms with Crippen molar-refractivity contribution in [1.82, 2.24) is 29.9 Å². The number of nitrogens with zero attached hydrogens (tertiary/aromatic N) is 8. The monoisotopic (exact) mass is 2160 g/mol. The number of rotatable bonds is 8. The Bertz CT molecular complexity index is 4940. The van der Waals surface area contributed by atoms with Gasteiger partial charge in [0, 0.05) is 130 Å². The zero-order chi connectivity index (χ0) is 68.0. The van der Waals surface area contributed by atoms with Gasteiger partial charge >= 0.3 is 20.1 Å². The third kappa shape index (κ3) is 22.3. The van der Waals surface area contributed by atoms with Crippen molar-refractivity contribution >= 4 is 42.9 Å². The molecular formula is C82H59Ir5N8S-4. The molecule has 4 radical (unpaired) electrons. The smallest absolute Gasteiger partial charge is 0.500 e. The Kier molecular flexibility index (Phi) is 28.5. The molecule has 7 heterocycles. The maximum atomic E-state index is 7.74. The van der Waals surface area contributed by atoms with Gasteiger partial charge in [-0.15, -0.1) is 179 Å². The van der Waals surface area contributed by atoms with Crippen LogP contribution < -0.4 is 9.80 Å². The molecule has 0 aliphatic carbocycles. The van der Waals surface area contributed by atoms with Gasteiger partial charge in [0.25, 0.3) is 0 Å². The summed E-state index contributed by atoms with van der Waals surface area (Å²) >= 11 is 1.81. The van der Waals surface area contributed by atoms with Gasteiger partial charge < -0.3 is 29.7 Å². The van der Waals surface area contributed by atoms with Crippen LogP contribution in [0.3, 0.4) is 0 Å². The Morgan fingerprint density at radius 3 is 1.66 bits per heavy atom. The van der Waals surface area contributed by atoms with Gasteiger partial charge in [0.15, 0.2) is 0 Å². The van der Waals surface area contributed by atoms with E-state index in [0.717, 1.165) is 68.4 Å². The summed E-state index contributed by atoms with van der Waals surface area (Å²) in [5, 5.41) is 2.61. The van der Waals surface area contributed by atoms with Crippen molar-refractivity contribution < 1.29 is 110 Å². The molecule has 16 rings (SSSR count). The number of pyridine rings is 4. The van der Waals surface area contributed by atoms with Crippen molar-refractivity contribution in [1.29, 1.82) is 0 Å². The molecule has 0 spiro atoms. The van der Waals surface area contributed by atoms with Gasteiger partial charge in [-0.3, -0.25) is 9.97 Å². The predicted octanol–water partition coefficient (Wildman–Crippen LogP) is 19.9. The van der Waals surface area contributed by atoms with Crippen molar-refractivity contribution in [2.75, 3.05) is 9.80 Å². The van der Waals surface area contributed by atoms with Crippen LogP contribution in [0.2, 0.25) is 0 Å². The van der Waals surface area contributed by atoms with Crippen LogP contribution in [0.1, 0.15) is 15.3 Å². The van der Waals surface area contributed by atoms with E-state index in [4.69, 9.17) is 9.60 Å². The van der Waals surface area contributed by atoms with Gasteiger partial charge in [-0.1, -0.05) is 121 Å². The Morgan fingerprint density at radius 2 is 0.990 bits per heavy atom. The normalized spacial score (nSPS) is 11.4. The van der Waals surface area contributed by atoms with Crippen LogP contribution in [0, 0.1) is 50.0 Å². The number of para-hydroxylation sites is 2. The summed E-state index contributed by atoms with van der Waals surface area (Å²) in [5.74, 6) is 0.737. The van der Waals surface area contributed by atoms with Crippen LogP contribution in [0.5, 0.6) is 0 Å². The van der Waals surface area contributed by atoms with Gasteiger partial charge in [-0.2, -0.15) is 41.7 Å². The number of anilines is 2. The maximum Gasteiger partial charge on any atom is 3.00 e. The molecule has 14 heteroatoms. The van der Waals surface area contributed by atoms with E-state index in [2.05, 4.69) is 138 Å². The zero-order valence-electron chi connectivity index (χ0n) is 57.9. The van der Waals surface area contributed by atoms with Gasteiger partial charge in [0.05, 0.1) is 9.94 Å². The van der Waals surface area contributed by atoms with Crippen LogP contribution in [-0.2, 0) is 101 Å². The molecule has 482 valence electrons. The van der Waals surface area contributed by atoms with Gasteiger partial charge in [-0.25, -0.2) is 0 Å². The number of aromatic nitrogens is 6. The quantitative estimate of drug-likeness (QED) is 0.139. The van der Waals surface area contributed by atoms with Crippen molar-refractivity contribution in [2.45, 2.75) is 6.92 Å². The molecule has 1 aliphatic heterocycles. The van der Waals surface area contributed by atoms with E-state index in [1.54, 1.807) is 18.6 Å². The molecule has 1 aliphatic rings. The minimum absolute atomic E-state index is 0. The van der Waals surface area contributed by atoms with Gasteiger partial charge in [0.2, 0.25) is 0 Å². The molecule has 0 saturated carbocycles. The SMILES string of the molecule is Cc1ccnc(-c2[c-]cccc2)n1.[2H]c1[c-]c(-c2ncc([2H])c([2H])c2[2H])c([2H])c([2H])c1[2H].[Ir+3].[Ir].[Ir].[Ir].[Ir].[c-]1ccc(-c2ccccc2)cc1-c1ccccn1.[c-]1ccc2c(sc3ccccc32)c1-c1ccccn1.[c-]1ccccc1-c1ccccn1.[c-]1ccccc1N1C=CN(c2ccccc2)[CH-]1. The molecular weight excluding hydrogens is 2090 g/mol. The third-order valence-corrected chi connectivity index (χ3v) is 14.6. The fourth-order valence-corrected chi connectivity index (χ4v) is 10.3. The molecule has 0 atom stereocenters.